The molecule has 0 bridgehead atoms. The third kappa shape index (κ3) is 6.24. The number of aliphatic carboxylic acids is 1. The number of fused-ring (bicyclic) bond motifs is 8. The molecule has 3 fully saturated rings. The molecule has 0 aliphatic heterocycles. The minimum Gasteiger partial charge on any atom is -0.481 e. The van der Waals surface area contributed by atoms with Crippen molar-refractivity contribution in [3.05, 3.63) is 64.6 Å². The van der Waals surface area contributed by atoms with Crippen molar-refractivity contribution >= 4 is 23.9 Å². The number of allylic oxidation sites excluding steroid dienone is 2. The largest absolute Gasteiger partial charge is 0.481 e. The molecule has 0 saturated heterocycles. The lowest BCUT2D eigenvalue weighted by Gasteiger charge is -2.70. The predicted octanol–water partition coefficient (Wildman–Crippen LogP) is 8.80. The molecular weight excluding hydrogens is 698 g/mol. The Morgan fingerprint density at radius 2 is 1.62 bits per heavy atom. The molecule has 1 aromatic carbocycles. The van der Waals surface area contributed by atoms with E-state index in [0.717, 1.165) is 56.9 Å². The summed E-state index contributed by atoms with van der Waals surface area (Å²) in [6.07, 6.45) is 9.53. The summed E-state index contributed by atoms with van der Waals surface area (Å²) >= 11 is 0. The standard InChI is InChI=1S/C45H59NO9/c1-8-52-38(50)36-29-24-41(4)32(42(5,37(29)55-46-36)27-54-35(49)17-16-34(47)48)18-19-44(7)33(41)15-14-30-31-25-40(2,3)20-22-45(31,23-21-43(30,44)6)39(51)53-26-28-12-10-9-11-13-28/h9-14,31-33H,8,15-27H2,1-7H3,(H,47,48)/t31-,32+,33+,41-,42-,43+,44+,45-/m0/s1. The lowest BCUT2D eigenvalue weighted by atomic mass is 9.33. The molecule has 0 unspecified atom stereocenters. The van der Waals surface area contributed by atoms with Crippen LogP contribution in [0.3, 0.4) is 0 Å². The molecule has 1 aromatic heterocycles. The first kappa shape index (κ1) is 39.3. The van der Waals surface area contributed by atoms with Crippen LogP contribution in [0.15, 0.2) is 46.5 Å². The third-order valence-electron chi connectivity index (χ3n) is 15.7. The maximum absolute atomic E-state index is 14.4. The Balaban J connectivity index is 1.26. The number of esters is 3. The summed E-state index contributed by atoms with van der Waals surface area (Å²) in [6.45, 7) is 16.2. The van der Waals surface area contributed by atoms with Crippen molar-refractivity contribution in [2.75, 3.05) is 13.2 Å². The maximum Gasteiger partial charge on any atom is 0.360 e. The fourth-order valence-corrected chi connectivity index (χ4v) is 12.6. The second kappa shape index (κ2) is 13.9. The molecule has 8 atom stereocenters. The summed E-state index contributed by atoms with van der Waals surface area (Å²) in [4.78, 5) is 51.8. The van der Waals surface area contributed by atoms with Gasteiger partial charge < -0.3 is 23.8 Å². The number of ether oxygens (including phenoxy) is 3. The van der Waals surface area contributed by atoms with E-state index in [0.29, 0.717) is 17.7 Å². The number of nitrogens with zero attached hydrogens (tertiary/aromatic N) is 1. The summed E-state index contributed by atoms with van der Waals surface area (Å²) in [5, 5.41) is 13.5. The monoisotopic (exact) mass is 757 g/mol. The highest BCUT2D eigenvalue weighted by Gasteiger charge is 2.70. The Labute approximate surface area is 325 Å². The lowest BCUT2D eigenvalue weighted by molar-refractivity contribution is -0.185. The van der Waals surface area contributed by atoms with E-state index in [1.807, 2.05) is 37.3 Å². The van der Waals surface area contributed by atoms with E-state index in [1.165, 1.54) is 5.57 Å². The van der Waals surface area contributed by atoms with Gasteiger partial charge in [0, 0.05) is 5.56 Å². The topological polar surface area (TPSA) is 142 Å². The van der Waals surface area contributed by atoms with Gasteiger partial charge in [-0.15, -0.1) is 0 Å². The van der Waals surface area contributed by atoms with Gasteiger partial charge in [-0.2, -0.15) is 0 Å². The minimum absolute atomic E-state index is 0.0112. The Morgan fingerprint density at radius 1 is 0.891 bits per heavy atom. The Bertz CT molecular complexity index is 1880. The van der Waals surface area contributed by atoms with Crippen LogP contribution < -0.4 is 0 Å². The van der Waals surface area contributed by atoms with Crippen LogP contribution in [-0.4, -0.2) is 47.4 Å². The minimum atomic E-state index is -1.06. The van der Waals surface area contributed by atoms with Gasteiger partial charge in [0.1, 0.15) is 19.0 Å². The van der Waals surface area contributed by atoms with Crippen LogP contribution in [0.2, 0.25) is 0 Å². The molecule has 5 aliphatic rings. The van der Waals surface area contributed by atoms with Crippen LogP contribution in [-0.2, 0) is 47.0 Å². The summed E-state index contributed by atoms with van der Waals surface area (Å²) in [5.41, 5.74) is 1.36. The van der Waals surface area contributed by atoms with Gasteiger partial charge in [0.05, 0.1) is 30.3 Å². The number of carboxylic acids is 1. The molecule has 3 saturated carbocycles. The quantitative estimate of drug-likeness (QED) is 0.142. The number of benzene rings is 1. The SMILES string of the molecule is CCOC(=O)c1noc2c1C[C@@]1(C)[C@@H](CC[C@]3(C)[C@@H]1CC=C1[C@@H]4CC(C)(C)CC[C@]4(C(=O)OCc4ccccc4)CC[C@]13C)[C@]2(C)COC(=O)CCC(=O)O. The summed E-state index contributed by atoms with van der Waals surface area (Å²) in [6, 6.07) is 9.93. The fourth-order valence-electron chi connectivity index (χ4n) is 12.6. The molecule has 0 radical (unpaired) electrons. The first-order valence-corrected chi connectivity index (χ1v) is 20.4. The fraction of sp³-hybridized carbons (Fsp3) is 0.667. The summed E-state index contributed by atoms with van der Waals surface area (Å²) < 4.78 is 23.5. The van der Waals surface area contributed by atoms with E-state index in [9.17, 15) is 24.3 Å². The first-order chi connectivity index (χ1) is 25.9. The van der Waals surface area contributed by atoms with Gasteiger partial charge in [-0.25, -0.2) is 4.79 Å². The van der Waals surface area contributed by atoms with E-state index in [-0.39, 0.29) is 83.7 Å². The average molecular weight is 758 g/mol. The van der Waals surface area contributed by atoms with Crippen molar-refractivity contribution in [2.24, 2.45) is 44.8 Å². The van der Waals surface area contributed by atoms with Crippen molar-refractivity contribution in [3.8, 4) is 0 Å². The number of carbonyl (C=O) groups is 4. The van der Waals surface area contributed by atoms with E-state index >= 15 is 0 Å². The number of aromatic nitrogens is 1. The van der Waals surface area contributed by atoms with Crippen LogP contribution in [0.1, 0.15) is 140 Å². The normalized spacial score (nSPS) is 35.7. The molecule has 1 heterocycles. The van der Waals surface area contributed by atoms with Gasteiger partial charge in [0.15, 0.2) is 5.69 Å². The van der Waals surface area contributed by atoms with Gasteiger partial charge in [-0.3, -0.25) is 14.4 Å². The van der Waals surface area contributed by atoms with Crippen LogP contribution in [0.4, 0.5) is 0 Å². The van der Waals surface area contributed by atoms with Crippen molar-refractivity contribution < 1.29 is 43.0 Å². The first-order valence-electron chi connectivity index (χ1n) is 20.4. The third-order valence-corrected chi connectivity index (χ3v) is 15.7. The van der Waals surface area contributed by atoms with Crippen LogP contribution in [0.5, 0.6) is 0 Å². The van der Waals surface area contributed by atoms with E-state index in [4.69, 9.17) is 18.7 Å². The zero-order valence-electron chi connectivity index (χ0n) is 33.8. The molecule has 2 aromatic rings. The molecule has 10 heteroatoms. The molecule has 298 valence electrons. The highest BCUT2D eigenvalue weighted by molar-refractivity contribution is 5.89. The van der Waals surface area contributed by atoms with Crippen molar-refractivity contribution in [1.29, 1.82) is 0 Å². The highest BCUT2D eigenvalue weighted by atomic mass is 16.5. The Morgan fingerprint density at radius 3 is 2.33 bits per heavy atom. The molecule has 7 rings (SSSR count). The van der Waals surface area contributed by atoms with Crippen molar-refractivity contribution in [1.82, 2.24) is 5.16 Å². The van der Waals surface area contributed by atoms with Gasteiger partial charge in [0.25, 0.3) is 0 Å². The predicted molar refractivity (Wildman–Crippen MR) is 204 cm³/mol. The van der Waals surface area contributed by atoms with Crippen LogP contribution in [0.25, 0.3) is 0 Å². The smallest absolute Gasteiger partial charge is 0.360 e. The average Bonchev–Trinajstić information content (AvgIpc) is 3.57. The summed E-state index contributed by atoms with van der Waals surface area (Å²) in [5.74, 6) is -1.38. The number of hydrogen-bond acceptors (Lipinski definition) is 9. The highest BCUT2D eigenvalue weighted by Crippen LogP contribution is 2.75. The second-order valence-corrected chi connectivity index (χ2v) is 19.1. The molecule has 0 amide bonds. The summed E-state index contributed by atoms with van der Waals surface area (Å²) in [7, 11) is 0. The number of rotatable bonds is 10. The van der Waals surface area contributed by atoms with Gasteiger partial charge >= 0.3 is 23.9 Å². The van der Waals surface area contributed by atoms with Crippen molar-refractivity contribution in [2.45, 2.75) is 131 Å². The zero-order valence-corrected chi connectivity index (χ0v) is 33.8. The van der Waals surface area contributed by atoms with E-state index < -0.39 is 28.7 Å². The molecule has 5 aliphatic carbocycles. The Kier molecular flexibility index (Phi) is 9.94. The maximum atomic E-state index is 14.4. The van der Waals surface area contributed by atoms with Gasteiger partial charge in [-0.05, 0) is 117 Å². The van der Waals surface area contributed by atoms with Gasteiger partial charge in [0.2, 0.25) is 0 Å². The number of carbonyl (C=O) groups excluding carboxylic acids is 3. The van der Waals surface area contributed by atoms with Crippen molar-refractivity contribution in [3.63, 3.8) is 0 Å². The molecular formula is C45H59NO9. The lowest BCUT2D eigenvalue weighted by Crippen LogP contribution is -2.65. The number of hydrogen-bond donors (Lipinski definition) is 1. The molecule has 0 spiro atoms. The second-order valence-electron chi connectivity index (χ2n) is 19.1. The molecule has 55 heavy (non-hydrogen) atoms. The Hall–Kier alpha value is -3.95. The number of carboxylic acid groups (broad SMARTS) is 1. The van der Waals surface area contributed by atoms with E-state index in [1.54, 1.807) is 6.92 Å². The molecule has 1 N–H and O–H groups in total. The van der Waals surface area contributed by atoms with E-state index in [2.05, 4.69) is 45.9 Å². The van der Waals surface area contributed by atoms with Crippen LogP contribution in [0, 0.1) is 44.8 Å². The van der Waals surface area contributed by atoms with Crippen LogP contribution >= 0.6 is 0 Å². The van der Waals surface area contributed by atoms with Gasteiger partial charge in [-0.1, -0.05) is 81.8 Å². The molecule has 10 nitrogen and oxygen atoms in total. The zero-order chi connectivity index (χ0) is 39.6.